The van der Waals surface area contributed by atoms with Gasteiger partial charge in [0.05, 0.1) is 6.26 Å². The molecule has 20 heavy (non-hydrogen) atoms. The highest BCUT2D eigenvalue weighted by atomic mass is 32.2. The van der Waals surface area contributed by atoms with Crippen LogP contribution in [0.25, 0.3) is 5.57 Å². The Bertz CT molecular complexity index is 635. The number of benzene rings is 1. The summed E-state index contributed by atoms with van der Waals surface area (Å²) in [7, 11) is -3.27. The minimum atomic E-state index is -3.27. The zero-order valence-electron chi connectivity index (χ0n) is 11.0. The summed E-state index contributed by atoms with van der Waals surface area (Å²) in [5.74, 6) is 0. The molecule has 1 aliphatic heterocycles. The van der Waals surface area contributed by atoms with E-state index in [4.69, 9.17) is 5.11 Å². The molecule has 0 atom stereocenters. The third kappa shape index (κ3) is 3.74. The van der Waals surface area contributed by atoms with Crippen molar-refractivity contribution in [3.05, 3.63) is 35.9 Å². The quantitative estimate of drug-likeness (QED) is 0.891. The smallest absolute Gasteiger partial charge is 0.407 e. The molecule has 1 aliphatic rings. The number of hydrogen-bond acceptors (Lipinski definition) is 3. The molecule has 1 heterocycles. The number of nitrogens with one attached hydrogen (secondary N) is 1. The number of hydrogen-bond donors (Lipinski definition) is 2. The molecule has 0 saturated heterocycles. The second-order valence-electron chi connectivity index (χ2n) is 4.66. The van der Waals surface area contributed by atoms with Crippen molar-refractivity contribution in [2.45, 2.75) is 6.42 Å². The fourth-order valence-corrected chi connectivity index (χ4v) is 2.64. The van der Waals surface area contributed by atoms with Crippen LogP contribution in [0.2, 0.25) is 0 Å². The molecule has 1 aromatic rings. The summed E-state index contributed by atoms with van der Waals surface area (Å²) < 4.78 is 24.6. The summed E-state index contributed by atoms with van der Waals surface area (Å²) in [4.78, 5) is 12.2. The molecule has 1 aromatic carbocycles. The lowest BCUT2D eigenvalue weighted by Crippen LogP contribution is -2.33. The van der Waals surface area contributed by atoms with E-state index in [0.717, 1.165) is 17.4 Å². The van der Waals surface area contributed by atoms with Crippen LogP contribution in [0.5, 0.6) is 0 Å². The van der Waals surface area contributed by atoms with Crippen molar-refractivity contribution in [1.82, 2.24) is 4.90 Å². The van der Waals surface area contributed by atoms with E-state index in [0.29, 0.717) is 25.2 Å². The zero-order chi connectivity index (χ0) is 14.8. The van der Waals surface area contributed by atoms with Crippen LogP contribution in [0.15, 0.2) is 30.3 Å². The minimum absolute atomic E-state index is 0.383. The average molecular weight is 296 g/mol. The molecule has 2 N–H and O–H groups in total. The Morgan fingerprint density at radius 2 is 1.95 bits per heavy atom. The molecule has 0 aromatic heterocycles. The first-order chi connectivity index (χ1) is 9.35. The molecule has 7 heteroatoms. The fraction of sp³-hybridized carbons (Fsp3) is 0.308. The van der Waals surface area contributed by atoms with Gasteiger partial charge in [0.1, 0.15) is 0 Å². The number of nitrogens with zero attached hydrogens (tertiary/aromatic N) is 1. The van der Waals surface area contributed by atoms with Crippen LogP contribution in [-0.2, 0) is 10.0 Å². The monoisotopic (exact) mass is 296 g/mol. The van der Waals surface area contributed by atoms with Crippen molar-refractivity contribution in [3.8, 4) is 0 Å². The molecular weight excluding hydrogens is 280 g/mol. The van der Waals surface area contributed by atoms with Crippen molar-refractivity contribution >= 4 is 27.4 Å². The summed E-state index contributed by atoms with van der Waals surface area (Å²) in [6, 6.07) is 7.05. The number of rotatable bonds is 3. The normalized spacial score (nSPS) is 15.7. The lowest BCUT2D eigenvalue weighted by atomic mass is 9.99. The number of carbonyl (C=O) groups is 1. The van der Waals surface area contributed by atoms with Gasteiger partial charge in [0.15, 0.2) is 0 Å². The summed E-state index contributed by atoms with van der Waals surface area (Å²) in [6.45, 7) is 0.860. The van der Waals surface area contributed by atoms with Crippen molar-refractivity contribution in [1.29, 1.82) is 0 Å². The van der Waals surface area contributed by atoms with E-state index in [1.165, 1.54) is 4.90 Å². The highest BCUT2D eigenvalue weighted by Gasteiger charge is 2.16. The van der Waals surface area contributed by atoms with E-state index >= 15 is 0 Å². The van der Waals surface area contributed by atoms with Gasteiger partial charge >= 0.3 is 6.09 Å². The Balaban J connectivity index is 2.10. The summed E-state index contributed by atoms with van der Waals surface area (Å²) >= 11 is 0. The van der Waals surface area contributed by atoms with Crippen molar-refractivity contribution < 1.29 is 18.3 Å². The van der Waals surface area contributed by atoms with Crippen molar-refractivity contribution in [2.75, 3.05) is 24.1 Å². The molecule has 0 spiro atoms. The molecule has 2 rings (SSSR count). The second kappa shape index (κ2) is 5.54. The molecule has 0 unspecified atom stereocenters. The molecule has 6 nitrogen and oxygen atoms in total. The molecule has 0 saturated carbocycles. The largest absolute Gasteiger partial charge is 0.465 e. The van der Waals surface area contributed by atoms with Gasteiger partial charge in [0.2, 0.25) is 10.0 Å². The second-order valence-corrected chi connectivity index (χ2v) is 6.41. The van der Waals surface area contributed by atoms with Crippen LogP contribution in [0.3, 0.4) is 0 Å². The minimum Gasteiger partial charge on any atom is -0.465 e. The standard InChI is InChI=1S/C13H16N2O4S/c1-20(18,19)14-12-4-2-10(3-5-12)11-6-8-15(9-7-11)13(16)17/h2-6,14H,7-9H2,1H3,(H,16,17). The molecule has 0 aliphatic carbocycles. The van der Waals surface area contributed by atoms with Gasteiger partial charge in [-0.05, 0) is 29.7 Å². The van der Waals surface area contributed by atoms with Gasteiger partial charge in [-0.3, -0.25) is 4.72 Å². The summed E-state index contributed by atoms with van der Waals surface area (Å²) in [5, 5.41) is 8.87. The Hall–Kier alpha value is -2.02. The molecular formula is C13H16N2O4S. The van der Waals surface area contributed by atoms with Crippen molar-refractivity contribution in [2.24, 2.45) is 0 Å². The van der Waals surface area contributed by atoms with Gasteiger partial charge in [-0.2, -0.15) is 0 Å². The predicted molar refractivity (Wildman–Crippen MR) is 77.1 cm³/mol. The first-order valence-electron chi connectivity index (χ1n) is 6.10. The SMILES string of the molecule is CS(=O)(=O)Nc1ccc(C2=CCN(C(=O)O)CC2)cc1. The fourth-order valence-electron chi connectivity index (χ4n) is 2.07. The first kappa shape index (κ1) is 14.4. The maximum Gasteiger partial charge on any atom is 0.407 e. The lowest BCUT2D eigenvalue weighted by molar-refractivity contribution is 0.150. The molecule has 0 fully saturated rings. The van der Waals surface area contributed by atoms with Gasteiger partial charge < -0.3 is 10.0 Å². The van der Waals surface area contributed by atoms with E-state index in [1.54, 1.807) is 12.1 Å². The third-order valence-corrected chi connectivity index (χ3v) is 3.65. The first-order valence-corrected chi connectivity index (χ1v) is 7.99. The van der Waals surface area contributed by atoms with Crippen molar-refractivity contribution in [3.63, 3.8) is 0 Å². The van der Waals surface area contributed by atoms with Crippen LogP contribution in [0, 0.1) is 0 Å². The van der Waals surface area contributed by atoms with Gasteiger partial charge in [0.25, 0.3) is 0 Å². The van der Waals surface area contributed by atoms with Crippen LogP contribution >= 0.6 is 0 Å². The Labute approximate surface area is 117 Å². The van der Waals surface area contributed by atoms with Gasteiger partial charge in [-0.25, -0.2) is 13.2 Å². The predicted octanol–water partition coefficient (Wildman–Crippen LogP) is 1.83. The van der Waals surface area contributed by atoms with Gasteiger partial charge in [0, 0.05) is 18.8 Å². The van der Waals surface area contributed by atoms with Crippen LogP contribution in [-0.4, -0.2) is 43.9 Å². The number of carboxylic acid groups (broad SMARTS) is 1. The van der Waals surface area contributed by atoms with E-state index in [9.17, 15) is 13.2 Å². The molecule has 0 radical (unpaired) electrons. The van der Waals surface area contributed by atoms with Gasteiger partial charge in [-0.15, -0.1) is 0 Å². The summed E-state index contributed by atoms with van der Waals surface area (Å²) in [5.41, 5.74) is 2.57. The van der Waals surface area contributed by atoms with E-state index in [2.05, 4.69) is 4.72 Å². The number of sulfonamides is 1. The number of anilines is 1. The molecule has 108 valence electrons. The maximum absolute atomic E-state index is 11.1. The highest BCUT2D eigenvalue weighted by molar-refractivity contribution is 7.92. The number of amides is 1. The third-order valence-electron chi connectivity index (χ3n) is 3.04. The van der Waals surface area contributed by atoms with E-state index < -0.39 is 16.1 Å². The average Bonchev–Trinajstić information content (AvgIpc) is 2.38. The van der Waals surface area contributed by atoms with Gasteiger partial charge in [-0.1, -0.05) is 18.2 Å². The maximum atomic E-state index is 11.1. The Morgan fingerprint density at radius 3 is 2.40 bits per heavy atom. The zero-order valence-corrected chi connectivity index (χ0v) is 11.9. The Kier molecular flexibility index (Phi) is 3.99. The highest BCUT2D eigenvalue weighted by Crippen LogP contribution is 2.23. The van der Waals surface area contributed by atoms with E-state index in [-0.39, 0.29) is 0 Å². The van der Waals surface area contributed by atoms with Crippen LogP contribution in [0.1, 0.15) is 12.0 Å². The molecule has 1 amide bonds. The lowest BCUT2D eigenvalue weighted by Gasteiger charge is -2.23. The van der Waals surface area contributed by atoms with Crippen LogP contribution < -0.4 is 4.72 Å². The summed E-state index contributed by atoms with van der Waals surface area (Å²) in [6.07, 6.45) is 2.74. The topological polar surface area (TPSA) is 86.7 Å². The van der Waals surface area contributed by atoms with Crippen LogP contribution in [0.4, 0.5) is 10.5 Å². The van der Waals surface area contributed by atoms with E-state index in [1.807, 2.05) is 18.2 Å². The Morgan fingerprint density at radius 1 is 1.30 bits per heavy atom. The molecule has 0 bridgehead atoms.